The lowest BCUT2D eigenvalue weighted by molar-refractivity contribution is 0.602. The van der Waals surface area contributed by atoms with Crippen LogP contribution in [-0.4, -0.2) is 24.5 Å². The van der Waals surface area contributed by atoms with Gasteiger partial charge in [0.05, 0.1) is 16.8 Å². The summed E-state index contributed by atoms with van der Waals surface area (Å²) in [6.45, 7) is 0.513. The summed E-state index contributed by atoms with van der Waals surface area (Å²) in [5.41, 5.74) is 1.56. The predicted molar refractivity (Wildman–Crippen MR) is 77.8 cm³/mol. The monoisotopic (exact) mass is 343 g/mol. The zero-order valence-corrected chi connectivity index (χ0v) is 13.0. The van der Waals surface area contributed by atoms with Crippen molar-refractivity contribution in [2.75, 3.05) is 11.6 Å². The maximum atomic E-state index is 11.7. The van der Waals surface area contributed by atoms with Crippen LogP contribution in [-0.2, 0) is 23.4 Å². The fraction of sp³-hybridized carbons (Fsp3) is 0.250. The highest BCUT2D eigenvalue weighted by Gasteiger charge is 2.15. The highest BCUT2D eigenvalue weighted by Crippen LogP contribution is 2.30. The first kappa shape index (κ1) is 14.1. The normalized spacial score (nSPS) is 11.5. The number of aromatic nitrogens is 2. The smallest absolute Gasteiger partial charge is 0.177 e. The van der Waals surface area contributed by atoms with E-state index in [9.17, 15) is 8.42 Å². The number of hydrogen-bond donors (Lipinski definition) is 1. The number of benzene rings is 1. The second-order valence-corrected chi connectivity index (χ2v) is 7.10. The maximum absolute atomic E-state index is 11.7. The summed E-state index contributed by atoms with van der Waals surface area (Å²) in [5.74, 6) is 0. The fourth-order valence-electron chi connectivity index (χ4n) is 1.74. The molecule has 2 aromatic rings. The molecule has 0 fully saturated rings. The molecule has 1 aromatic heterocycles. The Hall–Kier alpha value is -1.34. The van der Waals surface area contributed by atoms with E-state index in [1.165, 1.54) is 6.26 Å². The molecule has 19 heavy (non-hydrogen) atoms. The number of nitrogens with one attached hydrogen (secondary N) is 1. The second-order valence-electron chi connectivity index (χ2n) is 4.26. The van der Waals surface area contributed by atoms with Gasteiger partial charge in [0.2, 0.25) is 0 Å². The van der Waals surface area contributed by atoms with E-state index in [1.807, 2.05) is 13.2 Å². The van der Waals surface area contributed by atoms with E-state index < -0.39 is 9.84 Å². The first-order valence-electron chi connectivity index (χ1n) is 5.58. The molecule has 0 aliphatic carbocycles. The van der Waals surface area contributed by atoms with E-state index in [4.69, 9.17) is 0 Å². The zero-order chi connectivity index (χ0) is 14.0. The Labute approximate surface area is 120 Å². The van der Waals surface area contributed by atoms with Crippen LogP contribution >= 0.6 is 15.9 Å². The van der Waals surface area contributed by atoms with Crippen LogP contribution in [0.15, 0.2) is 40.0 Å². The molecule has 2 rings (SSSR count). The van der Waals surface area contributed by atoms with Crippen LogP contribution in [0.3, 0.4) is 0 Å². The van der Waals surface area contributed by atoms with Crippen molar-refractivity contribution in [1.29, 1.82) is 0 Å². The Morgan fingerprint density at radius 3 is 2.74 bits per heavy atom. The van der Waals surface area contributed by atoms with Crippen LogP contribution in [0.4, 0.5) is 5.69 Å². The Bertz CT molecular complexity index is 695. The molecule has 0 spiro atoms. The summed E-state index contributed by atoms with van der Waals surface area (Å²) in [6.07, 6.45) is 4.82. The fourth-order valence-corrected chi connectivity index (χ4v) is 3.25. The third kappa shape index (κ3) is 3.36. The van der Waals surface area contributed by atoms with Crippen molar-refractivity contribution < 1.29 is 8.42 Å². The van der Waals surface area contributed by atoms with Gasteiger partial charge in [-0.3, -0.25) is 4.68 Å². The summed E-state index contributed by atoms with van der Waals surface area (Å²) in [7, 11) is -1.43. The molecule has 0 amide bonds. The predicted octanol–water partition coefficient (Wildman–Crippen LogP) is 2.20. The molecule has 0 bridgehead atoms. The molecule has 0 radical (unpaired) electrons. The lowest BCUT2D eigenvalue weighted by atomic mass is 10.3. The molecule has 0 aliphatic rings. The molecule has 102 valence electrons. The van der Waals surface area contributed by atoms with Gasteiger partial charge in [-0.05, 0) is 28.1 Å². The molecule has 1 aromatic carbocycles. The highest BCUT2D eigenvalue weighted by molar-refractivity contribution is 9.10. The number of hydrogen-bond acceptors (Lipinski definition) is 4. The van der Waals surface area contributed by atoms with Gasteiger partial charge in [-0.15, -0.1) is 0 Å². The molecule has 0 unspecified atom stereocenters. The van der Waals surface area contributed by atoms with Crippen molar-refractivity contribution >= 4 is 31.5 Å². The lowest BCUT2D eigenvalue weighted by Gasteiger charge is -2.12. The maximum Gasteiger partial charge on any atom is 0.177 e. The summed E-state index contributed by atoms with van der Waals surface area (Å²) in [4.78, 5) is 0.283. The van der Waals surface area contributed by atoms with Crippen LogP contribution in [0, 0.1) is 0 Å². The molecular weight excluding hydrogens is 330 g/mol. The largest absolute Gasteiger partial charge is 0.379 e. The van der Waals surface area contributed by atoms with Crippen molar-refractivity contribution in [2.24, 2.45) is 7.05 Å². The standard InChI is InChI=1S/C12H14BrN3O2S/c1-16-8-9(7-15-16)6-14-12-10(13)4-3-5-11(12)19(2,17)18/h3-5,7-8,14H,6H2,1-2H3. The number of anilines is 1. The minimum absolute atomic E-state index is 0.283. The Kier molecular flexibility index (Phi) is 3.96. The van der Waals surface area contributed by atoms with Crippen molar-refractivity contribution in [3.8, 4) is 0 Å². The van der Waals surface area contributed by atoms with Gasteiger partial charge in [0, 0.05) is 36.1 Å². The van der Waals surface area contributed by atoms with Gasteiger partial charge in [0.15, 0.2) is 9.84 Å². The summed E-state index contributed by atoms with van der Waals surface area (Å²) in [5, 5.41) is 7.21. The van der Waals surface area contributed by atoms with Gasteiger partial charge in [0.25, 0.3) is 0 Å². The molecule has 0 aliphatic heterocycles. The molecule has 0 atom stereocenters. The molecular formula is C12H14BrN3O2S. The first-order chi connectivity index (χ1) is 8.88. The average Bonchev–Trinajstić information content (AvgIpc) is 2.72. The van der Waals surface area contributed by atoms with Gasteiger partial charge in [-0.1, -0.05) is 6.07 Å². The summed E-state index contributed by atoms with van der Waals surface area (Å²) >= 11 is 3.37. The van der Waals surface area contributed by atoms with Crippen molar-refractivity contribution in [3.63, 3.8) is 0 Å². The van der Waals surface area contributed by atoms with Gasteiger partial charge >= 0.3 is 0 Å². The molecule has 5 nitrogen and oxygen atoms in total. The van der Waals surface area contributed by atoms with Gasteiger partial charge in [-0.25, -0.2) is 8.42 Å². The highest BCUT2D eigenvalue weighted by atomic mass is 79.9. The van der Waals surface area contributed by atoms with E-state index in [2.05, 4.69) is 26.3 Å². The SMILES string of the molecule is Cn1cc(CNc2c(Br)cccc2S(C)(=O)=O)cn1. The first-order valence-corrected chi connectivity index (χ1v) is 8.26. The molecule has 1 N–H and O–H groups in total. The van der Waals surface area contributed by atoms with Crippen LogP contribution in [0.1, 0.15) is 5.56 Å². The van der Waals surface area contributed by atoms with Gasteiger partial charge < -0.3 is 5.32 Å². The van der Waals surface area contributed by atoms with Crippen molar-refractivity contribution in [2.45, 2.75) is 11.4 Å². The quantitative estimate of drug-likeness (QED) is 0.924. The number of nitrogens with zero attached hydrogens (tertiary/aromatic N) is 2. The van der Waals surface area contributed by atoms with E-state index in [-0.39, 0.29) is 4.90 Å². The third-order valence-corrected chi connectivity index (χ3v) is 4.40. The summed E-state index contributed by atoms with van der Waals surface area (Å²) in [6, 6.07) is 5.10. The Morgan fingerprint density at radius 1 is 1.42 bits per heavy atom. The summed E-state index contributed by atoms with van der Waals surface area (Å²) < 4.78 is 25.9. The minimum atomic E-state index is -3.27. The van der Waals surface area contributed by atoms with Crippen molar-refractivity contribution in [3.05, 3.63) is 40.6 Å². The number of rotatable bonds is 4. The lowest BCUT2D eigenvalue weighted by Crippen LogP contribution is -2.06. The third-order valence-electron chi connectivity index (χ3n) is 2.60. The van der Waals surface area contributed by atoms with Gasteiger partial charge in [0.1, 0.15) is 0 Å². The van der Waals surface area contributed by atoms with Crippen LogP contribution in [0.2, 0.25) is 0 Å². The van der Waals surface area contributed by atoms with E-state index in [0.717, 1.165) is 10.0 Å². The zero-order valence-electron chi connectivity index (χ0n) is 10.6. The van der Waals surface area contributed by atoms with Crippen LogP contribution < -0.4 is 5.32 Å². The molecule has 1 heterocycles. The number of aryl methyl sites for hydroxylation is 1. The van der Waals surface area contributed by atoms with E-state index in [1.54, 1.807) is 29.1 Å². The Balaban J connectivity index is 2.29. The minimum Gasteiger partial charge on any atom is -0.379 e. The van der Waals surface area contributed by atoms with E-state index >= 15 is 0 Å². The topological polar surface area (TPSA) is 64.0 Å². The van der Waals surface area contributed by atoms with Crippen LogP contribution in [0.25, 0.3) is 0 Å². The second kappa shape index (κ2) is 5.34. The number of para-hydroxylation sites is 1. The average molecular weight is 344 g/mol. The molecule has 0 saturated carbocycles. The molecule has 0 saturated heterocycles. The van der Waals surface area contributed by atoms with Crippen LogP contribution in [0.5, 0.6) is 0 Å². The number of sulfone groups is 1. The Morgan fingerprint density at radius 2 is 2.16 bits per heavy atom. The van der Waals surface area contributed by atoms with Crippen molar-refractivity contribution in [1.82, 2.24) is 9.78 Å². The van der Waals surface area contributed by atoms with Gasteiger partial charge in [-0.2, -0.15) is 5.10 Å². The van der Waals surface area contributed by atoms with E-state index in [0.29, 0.717) is 12.2 Å². The number of halogens is 1. The molecule has 7 heteroatoms.